The van der Waals surface area contributed by atoms with Crippen LogP contribution in [-0.4, -0.2) is 106 Å². The van der Waals surface area contributed by atoms with Gasteiger partial charge in [0.25, 0.3) is 0 Å². The van der Waals surface area contributed by atoms with Crippen molar-refractivity contribution in [3.8, 4) is 0 Å². The predicted molar refractivity (Wildman–Crippen MR) is 161 cm³/mol. The van der Waals surface area contributed by atoms with Crippen LogP contribution in [0.2, 0.25) is 0 Å². The summed E-state index contributed by atoms with van der Waals surface area (Å²) in [5, 5.41) is 8.79. The molecule has 0 atom stereocenters. The first-order valence-electron chi connectivity index (χ1n) is 10.4. The molecule has 0 radical (unpaired) electrons. The Labute approximate surface area is 259 Å². The first-order chi connectivity index (χ1) is 13.7. The fraction of sp³-hybridized carbons (Fsp3) is 0.842. The van der Waals surface area contributed by atoms with E-state index in [0.29, 0.717) is 13.0 Å². The van der Waals surface area contributed by atoms with Crippen molar-refractivity contribution in [2.75, 3.05) is 39.3 Å². The van der Waals surface area contributed by atoms with Gasteiger partial charge in [-0.15, -0.1) is 37.9 Å². The average Bonchev–Trinajstić information content (AvgIpc) is 2.64. The van der Waals surface area contributed by atoms with Gasteiger partial charge < -0.3 is 20.9 Å². The van der Waals surface area contributed by atoms with E-state index >= 15 is 0 Å². The van der Waals surface area contributed by atoms with E-state index in [0.717, 1.165) is 38.9 Å². The van der Waals surface area contributed by atoms with Gasteiger partial charge in [-0.2, -0.15) is 0 Å². The molecule has 0 aromatic heterocycles. The van der Waals surface area contributed by atoms with E-state index in [-0.39, 0.29) is 48.9 Å². The Bertz CT molecular complexity index is 371. The minimum absolute atomic E-state index is 0. The number of thiocarbonyl (C=S) groups is 3. The Morgan fingerprint density at radius 1 is 0.600 bits per heavy atom. The number of rotatable bonds is 13. The molecule has 0 fully saturated rings. The van der Waals surface area contributed by atoms with Gasteiger partial charge in [-0.3, -0.25) is 0 Å². The first-order valence-corrected chi connectivity index (χ1v) is 12.9. The summed E-state index contributed by atoms with van der Waals surface area (Å²) in [5.41, 5.74) is 0. The van der Waals surface area contributed by atoms with Gasteiger partial charge in [-0.25, -0.2) is 0 Å². The minimum atomic E-state index is 0. The van der Waals surface area contributed by atoms with Gasteiger partial charge in [-0.1, -0.05) is 64.3 Å². The number of hydrogen-bond donors (Lipinski definition) is 6. The number of unbranched alkanes of at least 4 members (excludes halogenated alkanes) is 1. The van der Waals surface area contributed by atoms with Crippen LogP contribution < -0.4 is 16.0 Å². The molecule has 0 rings (SSSR count). The summed E-state index contributed by atoms with van der Waals surface area (Å²) >= 11 is 25.8. The second-order valence-electron chi connectivity index (χ2n) is 6.24. The molecule has 0 saturated carbocycles. The largest absolute Gasteiger partial charge is 2.00 e. The monoisotopic (exact) mass is 656 g/mol. The van der Waals surface area contributed by atoms with Crippen LogP contribution in [0.25, 0.3) is 0 Å². The van der Waals surface area contributed by atoms with Crippen molar-refractivity contribution in [1.82, 2.24) is 20.9 Å². The maximum atomic E-state index is 4.72. The maximum Gasteiger partial charge on any atom is 2.00 e. The number of thiol groups is 3. The summed E-state index contributed by atoms with van der Waals surface area (Å²) in [5.74, 6) is 0. The zero-order chi connectivity index (χ0) is 22.9. The molecule has 0 heterocycles. The van der Waals surface area contributed by atoms with Crippen LogP contribution >= 0.6 is 74.5 Å². The smallest absolute Gasteiger partial charge is 0.371 e. The van der Waals surface area contributed by atoms with E-state index in [9.17, 15) is 0 Å². The quantitative estimate of drug-likeness (QED) is 0.0744. The molecule has 0 aliphatic rings. The van der Waals surface area contributed by atoms with Crippen molar-refractivity contribution in [3.63, 3.8) is 0 Å². The maximum absolute atomic E-state index is 4.72. The molecule has 174 valence electrons. The van der Waals surface area contributed by atoms with E-state index < -0.39 is 0 Å². The molecule has 0 saturated heterocycles. The Morgan fingerprint density at radius 2 is 0.900 bits per heavy atom. The number of nitrogens with zero attached hydrogens (tertiary/aromatic N) is 1. The summed E-state index contributed by atoms with van der Waals surface area (Å²) in [6.45, 7) is 15.3. The number of hydrogen-bond acceptors (Lipinski definition) is 4. The molecule has 0 spiro atoms. The molecule has 0 amide bonds. The Hall–Kier alpha value is 2.25. The molecule has 3 N–H and O–H groups in total. The standard InChI is InChI=1S/C9H21N.C6H12N2S4.C4H9NS2.Ba/c1-4-7-10(8-5-2)9-6-3;9-5(10)7-3-1-2-4-8-6(11)12;1-2-3-5-4(6)7;/h4-9H2,1-3H3;1-4H2,(H2,7,9,10)(H2,8,11,12);2-3H2,1H3,(H2,5,6,7);/q;;;+2. The van der Waals surface area contributed by atoms with E-state index in [4.69, 9.17) is 24.4 Å². The molecule has 0 aliphatic carbocycles. The number of nitrogens with one attached hydrogen (secondary N) is 3. The van der Waals surface area contributed by atoms with E-state index in [2.05, 4.69) is 98.6 Å². The van der Waals surface area contributed by atoms with Crippen LogP contribution in [0.5, 0.6) is 0 Å². The van der Waals surface area contributed by atoms with Crippen LogP contribution in [0, 0.1) is 0 Å². The Balaban J connectivity index is -0.000000172. The van der Waals surface area contributed by atoms with Crippen molar-refractivity contribution >= 4 is 136 Å². The van der Waals surface area contributed by atoms with Gasteiger partial charge in [-0.05, 0) is 58.2 Å². The van der Waals surface area contributed by atoms with E-state index in [1.165, 1.54) is 38.9 Å². The second kappa shape index (κ2) is 33.4. The second-order valence-corrected chi connectivity index (χ2v) is 9.72. The Kier molecular flexibility index (Phi) is 44.0. The minimum Gasteiger partial charge on any atom is -0.371 e. The molecule has 11 heteroatoms. The molecule has 0 aromatic rings. The van der Waals surface area contributed by atoms with E-state index in [1.54, 1.807) is 0 Å². The van der Waals surface area contributed by atoms with Gasteiger partial charge >= 0.3 is 48.9 Å². The zero-order valence-corrected chi connectivity index (χ0v) is 28.8. The predicted octanol–water partition coefficient (Wildman–Crippen LogP) is 4.71. The third kappa shape index (κ3) is 44.0. The van der Waals surface area contributed by atoms with Crippen LogP contribution in [0.4, 0.5) is 0 Å². The third-order valence-electron chi connectivity index (χ3n) is 3.30. The van der Waals surface area contributed by atoms with Gasteiger partial charge in [0.15, 0.2) is 0 Å². The van der Waals surface area contributed by atoms with Gasteiger partial charge in [0.2, 0.25) is 0 Å². The van der Waals surface area contributed by atoms with Crippen molar-refractivity contribution in [2.24, 2.45) is 0 Å². The zero-order valence-electron chi connectivity index (χ0n) is 19.2. The summed E-state index contributed by atoms with van der Waals surface area (Å²) in [4.78, 5) is 2.54. The first kappa shape index (κ1) is 39.5. The van der Waals surface area contributed by atoms with Crippen molar-refractivity contribution in [1.29, 1.82) is 0 Å². The summed E-state index contributed by atoms with van der Waals surface area (Å²) in [7, 11) is 0. The molecule has 0 aromatic carbocycles. The summed E-state index contributed by atoms with van der Waals surface area (Å²) < 4.78 is 1.68. The molecule has 30 heavy (non-hydrogen) atoms. The molecule has 4 nitrogen and oxygen atoms in total. The summed E-state index contributed by atoms with van der Waals surface area (Å²) in [6.07, 6.45) is 7.06. The SMILES string of the molecule is CCCN(CCC)CCC.CCCNC(=S)S.S=C(S)NCCCCNC(=S)S.[Ba+2]. The third-order valence-corrected chi connectivity index (χ3v) is 4.21. The van der Waals surface area contributed by atoms with Crippen molar-refractivity contribution in [2.45, 2.75) is 66.2 Å². The van der Waals surface area contributed by atoms with Gasteiger partial charge in [0.1, 0.15) is 13.0 Å². The van der Waals surface area contributed by atoms with E-state index in [1.807, 2.05) is 0 Å². The fourth-order valence-electron chi connectivity index (χ4n) is 2.16. The van der Waals surface area contributed by atoms with Crippen molar-refractivity contribution in [3.05, 3.63) is 0 Å². The molecular formula is C19H42BaN4S6+2. The molecule has 0 unspecified atom stereocenters. The average molecular weight is 656 g/mol. The fourth-order valence-corrected chi connectivity index (χ4v) is 2.80. The molecule has 0 aliphatic heterocycles. The van der Waals surface area contributed by atoms with Gasteiger partial charge in [0.05, 0.1) is 0 Å². The normalized spacial score (nSPS) is 9.20. The molecule has 0 bridgehead atoms. The van der Waals surface area contributed by atoms with Crippen LogP contribution in [0.1, 0.15) is 66.2 Å². The topological polar surface area (TPSA) is 39.3 Å². The Morgan fingerprint density at radius 3 is 1.10 bits per heavy atom. The van der Waals surface area contributed by atoms with Crippen LogP contribution in [-0.2, 0) is 0 Å². The van der Waals surface area contributed by atoms with Gasteiger partial charge in [0, 0.05) is 19.6 Å². The van der Waals surface area contributed by atoms with Crippen molar-refractivity contribution < 1.29 is 0 Å². The van der Waals surface area contributed by atoms with Crippen LogP contribution in [0.15, 0.2) is 0 Å². The summed E-state index contributed by atoms with van der Waals surface area (Å²) in [6, 6.07) is 0. The van der Waals surface area contributed by atoms with Crippen LogP contribution in [0.3, 0.4) is 0 Å². The molecular weight excluding hydrogens is 614 g/mol.